The van der Waals surface area contributed by atoms with Crippen molar-refractivity contribution < 1.29 is 9.59 Å². The smallest absolute Gasteiger partial charge is 0.283 e. The van der Waals surface area contributed by atoms with E-state index >= 15 is 0 Å². The fourth-order valence-electron chi connectivity index (χ4n) is 2.10. The summed E-state index contributed by atoms with van der Waals surface area (Å²) in [4.78, 5) is 33.6. The van der Waals surface area contributed by atoms with Gasteiger partial charge in [0, 0.05) is 18.8 Å². The molecule has 98 valence electrons. The van der Waals surface area contributed by atoms with Crippen LogP contribution in [0.15, 0.2) is 18.5 Å². The van der Waals surface area contributed by atoms with E-state index < -0.39 is 0 Å². The topological polar surface area (TPSA) is 75.2 Å². The van der Waals surface area contributed by atoms with Gasteiger partial charge in [0.1, 0.15) is 5.52 Å². The summed E-state index contributed by atoms with van der Waals surface area (Å²) in [5, 5.41) is 3.19. The summed E-state index contributed by atoms with van der Waals surface area (Å²) in [5.41, 5.74) is 0.713. The highest BCUT2D eigenvalue weighted by molar-refractivity contribution is 7.20. The molecule has 2 aromatic heterocycles. The lowest BCUT2D eigenvalue weighted by molar-refractivity contribution is -0.124. The summed E-state index contributed by atoms with van der Waals surface area (Å²) >= 11 is 1.33. The maximum atomic E-state index is 12.3. The van der Waals surface area contributed by atoms with Gasteiger partial charge in [-0.1, -0.05) is 0 Å². The minimum Gasteiger partial charge on any atom is -0.350 e. The minimum atomic E-state index is -0.192. The largest absolute Gasteiger partial charge is 0.350 e. The average Bonchev–Trinajstić information content (AvgIpc) is 2.80. The lowest BCUT2D eigenvalue weighted by atomic mass is 10.2. The summed E-state index contributed by atoms with van der Waals surface area (Å²) in [6, 6.07) is 1.80. The summed E-state index contributed by atoms with van der Waals surface area (Å²) < 4.78 is 0.924. The summed E-state index contributed by atoms with van der Waals surface area (Å²) in [6.07, 6.45) is 3.30. The van der Waals surface area contributed by atoms with E-state index in [-0.39, 0.29) is 24.4 Å². The van der Waals surface area contributed by atoms with E-state index in [1.54, 1.807) is 12.4 Å². The molecule has 3 rings (SSSR count). The third-order valence-electron chi connectivity index (χ3n) is 2.90. The molecule has 2 amide bonds. The van der Waals surface area contributed by atoms with Crippen LogP contribution in [0.3, 0.4) is 0 Å². The Morgan fingerprint density at radius 1 is 1.58 bits per heavy atom. The van der Waals surface area contributed by atoms with Crippen LogP contribution in [0.4, 0.5) is 0 Å². The molecule has 3 heterocycles. The Labute approximate surface area is 113 Å². The first-order valence-electron chi connectivity index (χ1n) is 5.92. The number of fused-ring (bicyclic) bond motifs is 1. The summed E-state index contributed by atoms with van der Waals surface area (Å²) in [7, 11) is 0. The van der Waals surface area contributed by atoms with Gasteiger partial charge in [-0.3, -0.25) is 14.6 Å². The number of rotatable bonds is 1. The Morgan fingerprint density at radius 2 is 2.42 bits per heavy atom. The standard InChI is InChI=1S/C12H12N4O2S/c1-7-5-16(6-10(17)14-7)12(18)11-15-8-4-13-3-2-9(8)19-11/h2-4,7H,5-6H2,1H3,(H,14,17). The average molecular weight is 276 g/mol. The molecule has 0 aliphatic carbocycles. The van der Waals surface area contributed by atoms with Crippen LogP contribution >= 0.6 is 11.3 Å². The third kappa shape index (κ3) is 2.28. The number of piperazine rings is 1. The van der Waals surface area contributed by atoms with E-state index in [1.165, 1.54) is 16.2 Å². The van der Waals surface area contributed by atoms with Gasteiger partial charge in [-0.25, -0.2) is 4.98 Å². The number of carbonyl (C=O) groups excluding carboxylic acids is 2. The maximum absolute atomic E-state index is 12.3. The first-order chi connectivity index (χ1) is 9.13. The second-order valence-corrected chi connectivity index (χ2v) is 5.55. The molecule has 0 saturated carbocycles. The van der Waals surface area contributed by atoms with Crippen molar-refractivity contribution in [1.82, 2.24) is 20.2 Å². The number of carbonyl (C=O) groups is 2. The zero-order valence-electron chi connectivity index (χ0n) is 10.3. The maximum Gasteiger partial charge on any atom is 0.283 e. The van der Waals surface area contributed by atoms with Crippen LogP contribution in [-0.2, 0) is 4.79 Å². The molecule has 0 radical (unpaired) electrons. The zero-order valence-corrected chi connectivity index (χ0v) is 11.1. The highest BCUT2D eigenvalue weighted by Gasteiger charge is 2.27. The highest BCUT2D eigenvalue weighted by Crippen LogP contribution is 2.22. The Bertz CT molecular complexity index is 621. The molecule has 0 bridgehead atoms. The van der Waals surface area contributed by atoms with Gasteiger partial charge in [0.15, 0.2) is 5.01 Å². The van der Waals surface area contributed by atoms with Gasteiger partial charge < -0.3 is 10.2 Å². The molecule has 1 unspecified atom stereocenters. The molecular weight excluding hydrogens is 264 g/mol. The molecule has 1 N–H and O–H groups in total. The van der Waals surface area contributed by atoms with Crippen LogP contribution in [0.2, 0.25) is 0 Å². The van der Waals surface area contributed by atoms with E-state index in [0.29, 0.717) is 17.1 Å². The summed E-state index contributed by atoms with van der Waals surface area (Å²) in [5.74, 6) is -0.322. The summed E-state index contributed by atoms with van der Waals surface area (Å²) in [6.45, 7) is 2.48. The molecule has 0 aromatic carbocycles. The van der Waals surface area contributed by atoms with Crippen molar-refractivity contribution in [2.24, 2.45) is 0 Å². The normalized spacial score (nSPS) is 19.5. The van der Waals surface area contributed by atoms with Crippen molar-refractivity contribution in [1.29, 1.82) is 0 Å². The second-order valence-electron chi connectivity index (χ2n) is 4.52. The van der Waals surface area contributed by atoms with Gasteiger partial charge in [0.2, 0.25) is 5.91 Å². The fraction of sp³-hybridized carbons (Fsp3) is 0.333. The first kappa shape index (κ1) is 12.0. The van der Waals surface area contributed by atoms with E-state index in [0.717, 1.165) is 4.70 Å². The van der Waals surface area contributed by atoms with Crippen molar-refractivity contribution in [3.63, 3.8) is 0 Å². The monoisotopic (exact) mass is 276 g/mol. The van der Waals surface area contributed by atoms with E-state index in [4.69, 9.17) is 0 Å². The van der Waals surface area contributed by atoms with Gasteiger partial charge in [-0.2, -0.15) is 0 Å². The zero-order chi connectivity index (χ0) is 13.4. The molecule has 19 heavy (non-hydrogen) atoms. The number of hydrogen-bond donors (Lipinski definition) is 1. The van der Waals surface area contributed by atoms with E-state index in [1.807, 2.05) is 13.0 Å². The molecule has 2 aromatic rings. The van der Waals surface area contributed by atoms with Crippen LogP contribution in [0.1, 0.15) is 16.7 Å². The number of thiazole rings is 1. The molecule has 1 aliphatic rings. The lowest BCUT2D eigenvalue weighted by Crippen LogP contribution is -2.54. The third-order valence-corrected chi connectivity index (χ3v) is 3.92. The quantitative estimate of drug-likeness (QED) is 0.830. The molecular formula is C12H12N4O2S. The lowest BCUT2D eigenvalue weighted by Gasteiger charge is -2.30. The number of pyridine rings is 1. The molecule has 0 spiro atoms. The first-order valence-corrected chi connectivity index (χ1v) is 6.74. The van der Waals surface area contributed by atoms with Crippen molar-refractivity contribution in [2.45, 2.75) is 13.0 Å². The fourth-order valence-corrected chi connectivity index (χ4v) is 3.00. The Kier molecular flexibility index (Phi) is 2.90. The number of nitrogens with one attached hydrogen (secondary N) is 1. The van der Waals surface area contributed by atoms with Crippen molar-refractivity contribution >= 4 is 33.4 Å². The number of nitrogens with zero attached hydrogens (tertiary/aromatic N) is 3. The Morgan fingerprint density at radius 3 is 3.16 bits per heavy atom. The number of amides is 2. The van der Waals surface area contributed by atoms with E-state index in [2.05, 4.69) is 15.3 Å². The number of hydrogen-bond acceptors (Lipinski definition) is 5. The highest BCUT2D eigenvalue weighted by atomic mass is 32.1. The van der Waals surface area contributed by atoms with Crippen LogP contribution in [0, 0.1) is 0 Å². The van der Waals surface area contributed by atoms with Gasteiger partial charge in [0.05, 0.1) is 17.4 Å². The van der Waals surface area contributed by atoms with E-state index in [9.17, 15) is 9.59 Å². The van der Waals surface area contributed by atoms with Crippen LogP contribution in [0.5, 0.6) is 0 Å². The molecule has 1 aliphatic heterocycles. The molecule has 1 atom stereocenters. The van der Waals surface area contributed by atoms with Crippen molar-refractivity contribution in [3.8, 4) is 0 Å². The Hall–Kier alpha value is -2.02. The minimum absolute atomic E-state index is 0.0266. The SMILES string of the molecule is CC1CN(C(=O)c2nc3cnccc3s2)CC(=O)N1. The second kappa shape index (κ2) is 4.58. The van der Waals surface area contributed by atoms with Gasteiger partial charge in [0.25, 0.3) is 5.91 Å². The molecule has 6 nitrogen and oxygen atoms in total. The Balaban J connectivity index is 1.88. The van der Waals surface area contributed by atoms with Crippen LogP contribution in [-0.4, -0.2) is 45.8 Å². The van der Waals surface area contributed by atoms with Crippen LogP contribution in [0.25, 0.3) is 10.2 Å². The predicted octanol–water partition coefficient (Wildman–Crippen LogP) is 0.652. The van der Waals surface area contributed by atoms with Gasteiger partial charge >= 0.3 is 0 Å². The van der Waals surface area contributed by atoms with Crippen LogP contribution < -0.4 is 5.32 Å². The van der Waals surface area contributed by atoms with Crippen molar-refractivity contribution in [2.75, 3.05) is 13.1 Å². The molecule has 1 fully saturated rings. The molecule has 7 heteroatoms. The van der Waals surface area contributed by atoms with Crippen molar-refractivity contribution in [3.05, 3.63) is 23.5 Å². The van der Waals surface area contributed by atoms with Gasteiger partial charge in [-0.05, 0) is 13.0 Å². The molecule has 1 saturated heterocycles. The predicted molar refractivity (Wildman–Crippen MR) is 70.9 cm³/mol. The van der Waals surface area contributed by atoms with Gasteiger partial charge in [-0.15, -0.1) is 11.3 Å². The number of aromatic nitrogens is 2.